The topological polar surface area (TPSA) is 66.4 Å². The Morgan fingerprint density at radius 1 is 0.964 bits per heavy atom. The van der Waals surface area contributed by atoms with Gasteiger partial charge in [-0.05, 0) is 37.1 Å². The molecule has 1 aliphatic rings. The van der Waals surface area contributed by atoms with E-state index in [4.69, 9.17) is 0 Å². The molecule has 0 spiro atoms. The van der Waals surface area contributed by atoms with Gasteiger partial charge in [-0.1, -0.05) is 26.3 Å². The number of hydrogen-bond acceptors (Lipinski definition) is 4. The number of piperazine rings is 1. The van der Waals surface area contributed by atoms with Crippen molar-refractivity contribution < 1.29 is 9.59 Å². The SMILES string of the molecule is CCCC(CC)C(=O)N1CCN(C(=O)c2ccc(-c3ccccn3)nc2)CC1. The Kier molecular flexibility index (Phi) is 6.74. The number of aromatic nitrogens is 2. The van der Waals surface area contributed by atoms with Crippen molar-refractivity contribution in [2.45, 2.75) is 33.1 Å². The molecule has 3 heterocycles. The van der Waals surface area contributed by atoms with Gasteiger partial charge in [0.05, 0.1) is 17.0 Å². The highest BCUT2D eigenvalue weighted by molar-refractivity contribution is 5.94. The molecule has 0 aromatic carbocycles. The number of nitrogens with zero attached hydrogens (tertiary/aromatic N) is 4. The highest BCUT2D eigenvalue weighted by atomic mass is 16.2. The Morgan fingerprint density at radius 3 is 2.25 bits per heavy atom. The minimum Gasteiger partial charge on any atom is -0.339 e. The van der Waals surface area contributed by atoms with Crippen LogP contribution in [-0.4, -0.2) is 57.8 Å². The zero-order chi connectivity index (χ0) is 19.9. The zero-order valence-electron chi connectivity index (χ0n) is 16.7. The maximum absolute atomic E-state index is 12.8. The molecule has 3 rings (SSSR count). The lowest BCUT2D eigenvalue weighted by Crippen LogP contribution is -2.52. The minimum absolute atomic E-state index is 0.0345. The third-order valence-corrected chi connectivity index (χ3v) is 5.30. The summed E-state index contributed by atoms with van der Waals surface area (Å²) in [4.78, 5) is 37.8. The Morgan fingerprint density at radius 2 is 1.68 bits per heavy atom. The fraction of sp³-hybridized carbons (Fsp3) is 0.455. The monoisotopic (exact) mass is 380 g/mol. The lowest BCUT2D eigenvalue weighted by atomic mass is 9.98. The average Bonchev–Trinajstić information content (AvgIpc) is 2.77. The van der Waals surface area contributed by atoms with Gasteiger partial charge in [-0.15, -0.1) is 0 Å². The summed E-state index contributed by atoms with van der Waals surface area (Å²) in [6.07, 6.45) is 6.16. The van der Waals surface area contributed by atoms with Crippen LogP contribution >= 0.6 is 0 Å². The van der Waals surface area contributed by atoms with Crippen LogP contribution in [-0.2, 0) is 4.79 Å². The number of carbonyl (C=O) groups is 2. The summed E-state index contributed by atoms with van der Waals surface area (Å²) in [6, 6.07) is 9.28. The molecule has 28 heavy (non-hydrogen) atoms. The van der Waals surface area contributed by atoms with Crippen LogP contribution in [0.1, 0.15) is 43.5 Å². The smallest absolute Gasteiger partial charge is 0.255 e. The molecule has 6 heteroatoms. The summed E-state index contributed by atoms with van der Waals surface area (Å²) >= 11 is 0. The first-order chi connectivity index (χ1) is 13.6. The van der Waals surface area contributed by atoms with Gasteiger partial charge in [0.1, 0.15) is 0 Å². The fourth-order valence-electron chi connectivity index (χ4n) is 3.61. The first-order valence-corrected chi connectivity index (χ1v) is 10.1. The van der Waals surface area contributed by atoms with Gasteiger partial charge in [-0.3, -0.25) is 19.6 Å². The van der Waals surface area contributed by atoms with Crippen LogP contribution in [0.5, 0.6) is 0 Å². The van der Waals surface area contributed by atoms with Crippen molar-refractivity contribution in [1.29, 1.82) is 0 Å². The van der Waals surface area contributed by atoms with Crippen LogP contribution in [0.3, 0.4) is 0 Å². The lowest BCUT2D eigenvalue weighted by Gasteiger charge is -2.36. The van der Waals surface area contributed by atoms with Gasteiger partial charge in [-0.2, -0.15) is 0 Å². The van der Waals surface area contributed by atoms with E-state index in [1.807, 2.05) is 34.1 Å². The Bertz CT molecular complexity index is 784. The van der Waals surface area contributed by atoms with Crippen molar-refractivity contribution in [3.05, 3.63) is 48.3 Å². The van der Waals surface area contributed by atoms with E-state index in [2.05, 4.69) is 23.8 Å². The van der Waals surface area contributed by atoms with Crippen LogP contribution in [0.25, 0.3) is 11.4 Å². The third kappa shape index (κ3) is 4.55. The van der Waals surface area contributed by atoms with Crippen LogP contribution in [0.2, 0.25) is 0 Å². The molecule has 6 nitrogen and oxygen atoms in total. The quantitative estimate of drug-likeness (QED) is 0.772. The van der Waals surface area contributed by atoms with E-state index in [1.54, 1.807) is 18.5 Å². The Labute approximate surface area is 166 Å². The van der Waals surface area contributed by atoms with Crippen LogP contribution in [0.15, 0.2) is 42.7 Å². The Balaban J connectivity index is 1.58. The molecule has 1 aliphatic heterocycles. The van der Waals surface area contributed by atoms with Gasteiger partial charge in [0.25, 0.3) is 5.91 Å². The summed E-state index contributed by atoms with van der Waals surface area (Å²) < 4.78 is 0. The summed E-state index contributed by atoms with van der Waals surface area (Å²) in [5.74, 6) is 0.307. The molecule has 0 saturated carbocycles. The second kappa shape index (κ2) is 9.44. The van der Waals surface area contributed by atoms with Crippen molar-refractivity contribution in [3.63, 3.8) is 0 Å². The second-order valence-corrected chi connectivity index (χ2v) is 7.16. The maximum Gasteiger partial charge on any atom is 0.255 e. The maximum atomic E-state index is 12.8. The summed E-state index contributed by atoms with van der Waals surface area (Å²) in [7, 11) is 0. The molecule has 1 atom stereocenters. The number of amides is 2. The minimum atomic E-state index is -0.0345. The van der Waals surface area contributed by atoms with E-state index in [0.717, 1.165) is 30.7 Å². The number of hydrogen-bond donors (Lipinski definition) is 0. The third-order valence-electron chi connectivity index (χ3n) is 5.30. The molecule has 0 aliphatic carbocycles. The molecule has 0 bridgehead atoms. The van der Waals surface area contributed by atoms with Crippen molar-refractivity contribution in [2.75, 3.05) is 26.2 Å². The van der Waals surface area contributed by atoms with Crippen molar-refractivity contribution in [2.24, 2.45) is 5.92 Å². The van der Waals surface area contributed by atoms with Crippen LogP contribution < -0.4 is 0 Å². The van der Waals surface area contributed by atoms with E-state index in [0.29, 0.717) is 31.7 Å². The van der Waals surface area contributed by atoms with E-state index in [9.17, 15) is 9.59 Å². The highest BCUT2D eigenvalue weighted by Gasteiger charge is 2.28. The second-order valence-electron chi connectivity index (χ2n) is 7.16. The molecule has 2 aromatic heterocycles. The van der Waals surface area contributed by atoms with E-state index >= 15 is 0 Å². The molecule has 1 unspecified atom stereocenters. The van der Waals surface area contributed by atoms with Gasteiger partial charge in [0, 0.05) is 44.5 Å². The standard InChI is InChI=1S/C22H28N4O2/c1-3-7-17(4-2)21(27)25-12-14-26(15-13-25)22(28)18-9-10-20(24-16-18)19-8-5-6-11-23-19/h5-6,8-11,16-17H,3-4,7,12-15H2,1-2H3. The molecule has 1 saturated heterocycles. The number of pyridine rings is 2. The molecular formula is C22H28N4O2. The molecule has 2 aromatic rings. The van der Waals surface area contributed by atoms with E-state index < -0.39 is 0 Å². The average molecular weight is 380 g/mol. The summed E-state index contributed by atoms with van der Waals surface area (Å²) in [6.45, 7) is 6.51. The largest absolute Gasteiger partial charge is 0.339 e. The predicted molar refractivity (Wildman–Crippen MR) is 109 cm³/mol. The molecule has 0 N–H and O–H groups in total. The van der Waals surface area contributed by atoms with Gasteiger partial charge >= 0.3 is 0 Å². The lowest BCUT2D eigenvalue weighted by molar-refractivity contribution is -0.137. The zero-order valence-corrected chi connectivity index (χ0v) is 16.7. The van der Waals surface area contributed by atoms with Crippen molar-refractivity contribution in [3.8, 4) is 11.4 Å². The fourth-order valence-corrected chi connectivity index (χ4v) is 3.61. The normalized spacial score (nSPS) is 15.4. The molecule has 0 radical (unpaired) electrons. The van der Waals surface area contributed by atoms with Crippen LogP contribution in [0, 0.1) is 5.92 Å². The first kappa shape index (κ1) is 20.0. The molecule has 2 amide bonds. The van der Waals surface area contributed by atoms with E-state index in [1.165, 1.54) is 0 Å². The molecule has 148 valence electrons. The first-order valence-electron chi connectivity index (χ1n) is 10.1. The molecule has 1 fully saturated rings. The van der Waals surface area contributed by atoms with Crippen molar-refractivity contribution in [1.82, 2.24) is 19.8 Å². The predicted octanol–water partition coefficient (Wildman–Crippen LogP) is 3.25. The Hall–Kier alpha value is -2.76. The number of carbonyl (C=O) groups excluding carboxylic acids is 2. The highest BCUT2D eigenvalue weighted by Crippen LogP contribution is 2.18. The van der Waals surface area contributed by atoms with Gasteiger partial charge in [0.2, 0.25) is 5.91 Å². The van der Waals surface area contributed by atoms with Crippen molar-refractivity contribution >= 4 is 11.8 Å². The number of rotatable bonds is 6. The summed E-state index contributed by atoms with van der Waals surface area (Å²) in [5.41, 5.74) is 2.09. The van der Waals surface area contributed by atoms with Crippen LogP contribution in [0.4, 0.5) is 0 Å². The van der Waals surface area contributed by atoms with Gasteiger partial charge < -0.3 is 9.80 Å². The molecular weight excluding hydrogens is 352 g/mol. The van der Waals surface area contributed by atoms with Gasteiger partial charge in [0.15, 0.2) is 0 Å². The van der Waals surface area contributed by atoms with Gasteiger partial charge in [-0.25, -0.2) is 0 Å². The van der Waals surface area contributed by atoms with E-state index in [-0.39, 0.29) is 17.7 Å². The summed E-state index contributed by atoms with van der Waals surface area (Å²) in [5, 5.41) is 0.